The summed E-state index contributed by atoms with van der Waals surface area (Å²) in [5, 5.41) is 2.81. The molecule has 1 amide bonds. The number of aromatic amines is 1. The van der Waals surface area contributed by atoms with Crippen LogP contribution < -0.4 is 5.32 Å². The van der Waals surface area contributed by atoms with Gasteiger partial charge in [0.05, 0.1) is 11.0 Å². The van der Waals surface area contributed by atoms with Crippen LogP contribution >= 0.6 is 0 Å². The van der Waals surface area contributed by atoms with E-state index in [0.29, 0.717) is 12.2 Å². The van der Waals surface area contributed by atoms with Crippen molar-refractivity contribution in [2.75, 3.05) is 6.54 Å². The number of pyridine rings is 1. The summed E-state index contributed by atoms with van der Waals surface area (Å²) in [5.74, 6) is -0.0742. The summed E-state index contributed by atoms with van der Waals surface area (Å²) >= 11 is 0. The van der Waals surface area contributed by atoms with E-state index in [0.717, 1.165) is 17.5 Å². The van der Waals surface area contributed by atoms with Gasteiger partial charge in [-0.25, -0.2) is 0 Å². The molecule has 0 aromatic carbocycles. The van der Waals surface area contributed by atoms with Crippen molar-refractivity contribution in [3.05, 3.63) is 30.1 Å². The molecular formula is C11H13N3O. The van der Waals surface area contributed by atoms with Gasteiger partial charge in [0.15, 0.2) is 0 Å². The van der Waals surface area contributed by atoms with E-state index >= 15 is 0 Å². The Morgan fingerprint density at radius 1 is 1.60 bits per heavy atom. The van der Waals surface area contributed by atoms with Crippen LogP contribution in [0.15, 0.2) is 24.4 Å². The Morgan fingerprint density at radius 2 is 2.47 bits per heavy atom. The van der Waals surface area contributed by atoms with Crippen LogP contribution in [0, 0.1) is 0 Å². The lowest BCUT2D eigenvalue weighted by Gasteiger charge is -1.99. The molecule has 78 valence electrons. The molecule has 0 aliphatic carbocycles. The summed E-state index contributed by atoms with van der Waals surface area (Å²) < 4.78 is 0. The number of hydrogen-bond donors (Lipinski definition) is 2. The highest BCUT2D eigenvalue weighted by atomic mass is 16.1. The van der Waals surface area contributed by atoms with Crippen LogP contribution in [0.3, 0.4) is 0 Å². The molecule has 0 aliphatic heterocycles. The van der Waals surface area contributed by atoms with Crippen molar-refractivity contribution < 1.29 is 4.79 Å². The average molecular weight is 203 g/mol. The molecule has 4 nitrogen and oxygen atoms in total. The van der Waals surface area contributed by atoms with Gasteiger partial charge in [-0.15, -0.1) is 0 Å². The third-order valence-corrected chi connectivity index (χ3v) is 2.17. The number of nitrogens with one attached hydrogen (secondary N) is 2. The first-order chi connectivity index (χ1) is 7.31. The first kappa shape index (κ1) is 9.71. The zero-order chi connectivity index (χ0) is 10.7. The molecule has 0 aliphatic rings. The van der Waals surface area contributed by atoms with Crippen LogP contribution in [0.2, 0.25) is 0 Å². The minimum Gasteiger partial charge on any atom is -0.351 e. The molecule has 2 rings (SSSR count). The fourth-order valence-electron chi connectivity index (χ4n) is 1.41. The van der Waals surface area contributed by atoms with Gasteiger partial charge in [0.2, 0.25) is 0 Å². The lowest BCUT2D eigenvalue weighted by atomic mass is 10.3. The standard InChI is InChI=1S/C11H13N3O/c1-2-5-13-11(15)10-7-9-8(14-10)4-3-6-12-9/h3-4,6-7,14H,2,5H2,1H3,(H,13,15). The predicted octanol–water partition coefficient (Wildman–Crippen LogP) is 1.70. The molecule has 2 aromatic heterocycles. The maximum absolute atomic E-state index is 11.6. The second-order valence-corrected chi connectivity index (χ2v) is 3.38. The number of carbonyl (C=O) groups excluding carboxylic acids is 1. The molecule has 0 unspecified atom stereocenters. The van der Waals surface area contributed by atoms with Crippen LogP contribution in [-0.4, -0.2) is 22.4 Å². The molecule has 2 heterocycles. The van der Waals surface area contributed by atoms with Gasteiger partial charge in [0.25, 0.3) is 5.91 Å². The highest BCUT2D eigenvalue weighted by Crippen LogP contribution is 2.11. The Kier molecular flexibility index (Phi) is 2.67. The van der Waals surface area contributed by atoms with Crippen molar-refractivity contribution in [3.63, 3.8) is 0 Å². The number of aromatic nitrogens is 2. The molecule has 2 N–H and O–H groups in total. The van der Waals surface area contributed by atoms with E-state index in [4.69, 9.17) is 0 Å². The van der Waals surface area contributed by atoms with Crippen molar-refractivity contribution in [2.45, 2.75) is 13.3 Å². The number of rotatable bonds is 3. The summed E-state index contributed by atoms with van der Waals surface area (Å²) in [6, 6.07) is 5.51. The van der Waals surface area contributed by atoms with Crippen LogP contribution in [0.5, 0.6) is 0 Å². The highest BCUT2D eigenvalue weighted by Gasteiger charge is 2.08. The summed E-state index contributed by atoms with van der Waals surface area (Å²) in [6.07, 6.45) is 2.65. The Hall–Kier alpha value is -1.84. The van der Waals surface area contributed by atoms with E-state index in [1.165, 1.54) is 0 Å². The smallest absolute Gasteiger partial charge is 0.267 e. The summed E-state index contributed by atoms with van der Waals surface area (Å²) in [5.41, 5.74) is 2.27. The van der Waals surface area contributed by atoms with Gasteiger partial charge in [-0.05, 0) is 24.6 Å². The zero-order valence-electron chi connectivity index (χ0n) is 8.58. The maximum atomic E-state index is 11.6. The average Bonchev–Trinajstić information content (AvgIpc) is 2.69. The van der Waals surface area contributed by atoms with Crippen molar-refractivity contribution in [3.8, 4) is 0 Å². The molecule has 2 aromatic rings. The maximum Gasteiger partial charge on any atom is 0.267 e. The third kappa shape index (κ3) is 1.98. The lowest BCUT2D eigenvalue weighted by Crippen LogP contribution is -2.24. The fourth-order valence-corrected chi connectivity index (χ4v) is 1.41. The van der Waals surface area contributed by atoms with Gasteiger partial charge < -0.3 is 10.3 Å². The number of hydrogen-bond acceptors (Lipinski definition) is 2. The Balaban J connectivity index is 2.25. The fraction of sp³-hybridized carbons (Fsp3) is 0.273. The van der Waals surface area contributed by atoms with Gasteiger partial charge in [0, 0.05) is 12.7 Å². The summed E-state index contributed by atoms with van der Waals surface area (Å²) in [7, 11) is 0. The van der Waals surface area contributed by atoms with Crippen LogP contribution in [0.25, 0.3) is 11.0 Å². The number of H-pyrrole nitrogens is 1. The predicted molar refractivity (Wildman–Crippen MR) is 58.7 cm³/mol. The van der Waals surface area contributed by atoms with E-state index in [1.807, 2.05) is 19.1 Å². The second-order valence-electron chi connectivity index (χ2n) is 3.38. The Labute approximate surface area is 87.7 Å². The normalized spacial score (nSPS) is 10.5. The molecule has 0 saturated carbocycles. The summed E-state index contributed by atoms with van der Waals surface area (Å²) in [4.78, 5) is 18.8. The van der Waals surface area contributed by atoms with E-state index in [9.17, 15) is 4.79 Å². The highest BCUT2D eigenvalue weighted by molar-refractivity contribution is 5.96. The minimum atomic E-state index is -0.0742. The van der Waals surface area contributed by atoms with Crippen LogP contribution in [-0.2, 0) is 0 Å². The zero-order valence-corrected chi connectivity index (χ0v) is 8.58. The molecule has 0 fully saturated rings. The monoisotopic (exact) mass is 203 g/mol. The van der Waals surface area contributed by atoms with Crippen molar-refractivity contribution >= 4 is 16.9 Å². The van der Waals surface area contributed by atoms with Crippen LogP contribution in [0.4, 0.5) is 0 Å². The molecule has 0 spiro atoms. The minimum absolute atomic E-state index is 0.0742. The van der Waals surface area contributed by atoms with Gasteiger partial charge in [-0.2, -0.15) is 0 Å². The van der Waals surface area contributed by atoms with Gasteiger partial charge in [0.1, 0.15) is 5.69 Å². The number of fused-ring (bicyclic) bond motifs is 1. The summed E-state index contributed by atoms with van der Waals surface area (Å²) in [6.45, 7) is 2.72. The van der Waals surface area contributed by atoms with Gasteiger partial charge >= 0.3 is 0 Å². The van der Waals surface area contributed by atoms with Gasteiger partial charge in [-0.3, -0.25) is 9.78 Å². The molecule has 0 atom stereocenters. The first-order valence-electron chi connectivity index (χ1n) is 5.03. The molecule has 0 radical (unpaired) electrons. The van der Waals surface area contributed by atoms with E-state index in [2.05, 4.69) is 15.3 Å². The van der Waals surface area contributed by atoms with Crippen molar-refractivity contribution in [2.24, 2.45) is 0 Å². The van der Waals surface area contributed by atoms with E-state index in [1.54, 1.807) is 12.3 Å². The topological polar surface area (TPSA) is 57.8 Å². The first-order valence-corrected chi connectivity index (χ1v) is 5.03. The third-order valence-electron chi connectivity index (χ3n) is 2.17. The Morgan fingerprint density at radius 3 is 3.20 bits per heavy atom. The molecule has 0 saturated heterocycles. The van der Waals surface area contributed by atoms with Gasteiger partial charge in [-0.1, -0.05) is 6.92 Å². The number of nitrogens with zero attached hydrogens (tertiary/aromatic N) is 1. The number of carbonyl (C=O) groups is 1. The second kappa shape index (κ2) is 4.13. The van der Waals surface area contributed by atoms with Crippen molar-refractivity contribution in [1.29, 1.82) is 0 Å². The number of amides is 1. The van der Waals surface area contributed by atoms with Crippen molar-refractivity contribution in [1.82, 2.24) is 15.3 Å². The van der Waals surface area contributed by atoms with E-state index in [-0.39, 0.29) is 5.91 Å². The largest absolute Gasteiger partial charge is 0.351 e. The molecular weight excluding hydrogens is 190 g/mol. The molecule has 15 heavy (non-hydrogen) atoms. The van der Waals surface area contributed by atoms with E-state index < -0.39 is 0 Å². The molecule has 0 bridgehead atoms. The van der Waals surface area contributed by atoms with Crippen LogP contribution in [0.1, 0.15) is 23.8 Å². The lowest BCUT2D eigenvalue weighted by molar-refractivity contribution is 0.0949. The molecule has 4 heteroatoms. The SMILES string of the molecule is CCCNC(=O)c1cc2ncccc2[nH]1. The quantitative estimate of drug-likeness (QED) is 0.797. The Bertz CT molecular complexity index is 442.